The number of H-pyrrole nitrogens is 1. The number of carbonyl (C=O) groups is 4. The first kappa shape index (κ1) is 48.3. The fraction of sp³-hybridized carbons (Fsp3) is 0.460. The van der Waals surface area contributed by atoms with E-state index in [0.717, 1.165) is 44.3 Å². The maximum atomic E-state index is 14.4. The van der Waals surface area contributed by atoms with Gasteiger partial charge >= 0.3 is 0 Å². The van der Waals surface area contributed by atoms with E-state index in [2.05, 4.69) is 51.7 Å². The maximum Gasteiger partial charge on any atom is 0.276 e. The molecule has 4 amide bonds. The lowest BCUT2D eigenvalue weighted by molar-refractivity contribution is -0.0534. The lowest BCUT2D eigenvalue weighted by Gasteiger charge is -2.40. The molecule has 0 spiro atoms. The molecule has 3 fully saturated rings. The molecular formula is C50H59N17O7. The van der Waals surface area contributed by atoms with Gasteiger partial charge in [-0.05, 0) is 113 Å². The van der Waals surface area contributed by atoms with Gasteiger partial charge in [0.15, 0.2) is 5.82 Å². The summed E-state index contributed by atoms with van der Waals surface area (Å²) in [4.78, 5) is 67.8. The quantitative estimate of drug-likeness (QED) is 0.113. The normalized spacial score (nSPS) is 21.6. The van der Waals surface area contributed by atoms with Crippen LogP contribution in [0.4, 0.5) is 11.9 Å². The average Bonchev–Trinajstić information content (AvgIpc) is 4.27. The number of rotatable bonds is 11. The van der Waals surface area contributed by atoms with Crippen molar-refractivity contribution in [1.29, 1.82) is 0 Å². The molecule has 2 aromatic carbocycles. The summed E-state index contributed by atoms with van der Waals surface area (Å²) in [6.45, 7) is 10.1. The van der Waals surface area contributed by atoms with Gasteiger partial charge < -0.3 is 34.4 Å². The molecule has 386 valence electrons. The summed E-state index contributed by atoms with van der Waals surface area (Å²) in [5.41, 5.74) is 10.4. The highest BCUT2D eigenvalue weighted by Gasteiger charge is 2.42. The second kappa shape index (κ2) is 20.1. The van der Waals surface area contributed by atoms with E-state index in [9.17, 15) is 19.2 Å². The lowest BCUT2D eigenvalue weighted by atomic mass is 9.85. The number of nitrogens with one attached hydrogen (secondary N) is 4. The Kier molecular flexibility index (Phi) is 13.1. The molecule has 4 aliphatic rings. The smallest absolute Gasteiger partial charge is 0.276 e. The zero-order chi connectivity index (χ0) is 51.2. The van der Waals surface area contributed by atoms with Crippen LogP contribution in [0.5, 0.6) is 11.5 Å². The Morgan fingerprint density at radius 3 is 1.73 bits per heavy atom. The molecule has 1 aliphatic carbocycles. The Morgan fingerprint density at radius 2 is 1.22 bits per heavy atom. The molecular weight excluding hydrogens is 951 g/mol. The Bertz CT molecular complexity index is 3290. The number of fused-ring (bicyclic) bond motifs is 2. The minimum absolute atomic E-state index is 0.0836. The zero-order valence-electron chi connectivity index (χ0n) is 41.7. The molecule has 6 N–H and O–H groups in total. The highest BCUT2D eigenvalue weighted by molar-refractivity contribution is 6.05. The van der Waals surface area contributed by atoms with Gasteiger partial charge in [-0.25, -0.2) is 15.1 Å². The minimum Gasteiger partial charge on any atom is -0.490 e. The average molecular weight is 1010 g/mol. The van der Waals surface area contributed by atoms with Crippen LogP contribution < -0.4 is 31.2 Å². The van der Waals surface area contributed by atoms with Crippen molar-refractivity contribution < 1.29 is 33.4 Å². The number of imidazole rings is 2. The van der Waals surface area contributed by atoms with Crippen LogP contribution >= 0.6 is 0 Å². The van der Waals surface area contributed by atoms with Gasteiger partial charge in [0.05, 0.1) is 41.7 Å². The monoisotopic (exact) mass is 1010 g/mol. The number of morpholine rings is 1. The van der Waals surface area contributed by atoms with E-state index in [4.69, 9.17) is 29.9 Å². The SMILES string of the molecule is CCn1nc(C)cc1C(=O)Nc1nc2cc(C(N)=O)cc3c2n1C/C=C/Cn1c(NC(=O)c2cc(C)nn2CC)nc2cc(C(=O)N[C@H]4CC[C@H](c5nnn[nH]5)CC4)cc(c21)OC[C@H](N1C2CCC1COC2)CO3. The van der Waals surface area contributed by atoms with E-state index in [1.807, 2.05) is 49.0 Å². The fourth-order valence-corrected chi connectivity index (χ4v) is 11.1. The van der Waals surface area contributed by atoms with Gasteiger partial charge in [-0.2, -0.15) is 10.2 Å². The van der Waals surface area contributed by atoms with E-state index >= 15 is 0 Å². The number of carbonyl (C=O) groups excluding carboxylic acids is 4. The molecule has 74 heavy (non-hydrogen) atoms. The standard InChI is InChI=1S/C50H59N17O7/c1-5-65-38(17-27(3)59-65)47(70)55-49-53-36-19-30(44(51)68)21-40-42(36)63(49)15-7-8-16-64-43-37(54-50(64)56-48(71)39-18-28(4)60-66(39)6-2)20-31(46(69)52-32-11-9-29(10-12-32)45-57-61-62-58-45)22-41(43)74-26-35(25-73-40)67-33-13-14-34(67)24-72-23-33/h7-8,17-22,29,32-35H,5-6,9-16,23-26H2,1-4H3,(H2,51,68)(H,52,69)(H,53,55,70)(H,54,56,71)(H,57,58,61,62)/b8-7+/t29-,32-,33?,34?,35-/m1/s1. The molecule has 11 rings (SSSR count). The number of aryl methyl sites for hydroxylation is 4. The van der Waals surface area contributed by atoms with Crippen molar-refractivity contribution in [2.75, 3.05) is 37.1 Å². The second-order valence-electron chi connectivity index (χ2n) is 19.4. The number of nitrogens with zero attached hydrogens (tertiary/aromatic N) is 12. The van der Waals surface area contributed by atoms with Crippen molar-refractivity contribution in [2.24, 2.45) is 5.73 Å². The molecule has 2 bridgehead atoms. The van der Waals surface area contributed by atoms with Gasteiger partial charge in [0.1, 0.15) is 47.1 Å². The van der Waals surface area contributed by atoms with Crippen molar-refractivity contribution >= 4 is 57.6 Å². The van der Waals surface area contributed by atoms with Crippen LogP contribution in [0.25, 0.3) is 22.1 Å². The number of benzene rings is 2. The molecule has 0 radical (unpaired) electrons. The van der Waals surface area contributed by atoms with E-state index < -0.39 is 17.7 Å². The minimum atomic E-state index is -0.673. The van der Waals surface area contributed by atoms with E-state index in [-0.39, 0.29) is 79.8 Å². The number of anilines is 2. The van der Waals surface area contributed by atoms with Crippen LogP contribution in [-0.2, 0) is 30.9 Å². The fourth-order valence-electron chi connectivity index (χ4n) is 11.1. The number of hydrogen-bond donors (Lipinski definition) is 5. The van der Waals surface area contributed by atoms with Crippen LogP contribution in [0.1, 0.15) is 117 Å². The van der Waals surface area contributed by atoms with Gasteiger partial charge in [0, 0.05) is 61.3 Å². The summed E-state index contributed by atoms with van der Waals surface area (Å²) in [7, 11) is 0. The molecule has 1 saturated carbocycles. The van der Waals surface area contributed by atoms with Crippen molar-refractivity contribution in [3.05, 3.63) is 88.3 Å². The van der Waals surface area contributed by atoms with Crippen LogP contribution in [0.3, 0.4) is 0 Å². The van der Waals surface area contributed by atoms with Gasteiger partial charge in [-0.15, -0.1) is 5.10 Å². The first-order valence-corrected chi connectivity index (χ1v) is 25.3. The highest BCUT2D eigenvalue weighted by Crippen LogP contribution is 2.37. The highest BCUT2D eigenvalue weighted by atomic mass is 16.5. The number of tetrazole rings is 1. The Balaban J connectivity index is 1.01. The van der Waals surface area contributed by atoms with Crippen LogP contribution in [0.15, 0.2) is 48.6 Å². The molecule has 2 unspecified atom stereocenters. The van der Waals surface area contributed by atoms with E-state index in [0.29, 0.717) is 88.2 Å². The summed E-state index contributed by atoms with van der Waals surface area (Å²) in [5, 5.41) is 32.8. The Hall–Kier alpha value is -7.99. The molecule has 8 heterocycles. The molecule has 24 heteroatoms. The molecule has 5 aromatic heterocycles. The van der Waals surface area contributed by atoms with Gasteiger partial charge in [-0.1, -0.05) is 12.2 Å². The number of allylic oxidation sites excluding steroid dienone is 2. The predicted octanol–water partition coefficient (Wildman–Crippen LogP) is 4.27. The summed E-state index contributed by atoms with van der Waals surface area (Å²) in [6.07, 6.45) is 8.75. The predicted molar refractivity (Wildman–Crippen MR) is 269 cm³/mol. The molecule has 3 atom stereocenters. The summed E-state index contributed by atoms with van der Waals surface area (Å²) in [5.74, 6) is 0.277. The maximum absolute atomic E-state index is 14.4. The zero-order valence-corrected chi connectivity index (χ0v) is 41.7. The Labute approximate surface area is 424 Å². The van der Waals surface area contributed by atoms with Gasteiger partial charge in [0.25, 0.3) is 17.7 Å². The molecule has 7 aromatic rings. The first-order chi connectivity index (χ1) is 35.9. The lowest BCUT2D eigenvalue weighted by Crippen LogP contribution is -2.55. The third-order valence-electron chi connectivity index (χ3n) is 14.6. The number of aromatic amines is 1. The molecule has 2 saturated heterocycles. The van der Waals surface area contributed by atoms with Gasteiger partial charge in [-0.3, -0.25) is 44.1 Å². The van der Waals surface area contributed by atoms with Crippen LogP contribution in [0, 0.1) is 13.8 Å². The summed E-state index contributed by atoms with van der Waals surface area (Å²) < 4.78 is 26.8. The van der Waals surface area contributed by atoms with E-state index in [1.54, 1.807) is 45.8 Å². The molecule has 24 nitrogen and oxygen atoms in total. The first-order valence-electron chi connectivity index (χ1n) is 25.3. The number of amides is 4. The van der Waals surface area contributed by atoms with Crippen molar-refractivity contribution in [2.45, 2.75) is 122 Å². The largest absolute Gasteiger partial charge is 0.490 e. The summed E-state index contributed by atoms with van der Waals surface area (Å²) >= 11 is 0. The molecule has 3 aliphatic heterocycles. The second-order valence-corrected chi connectivity index (χ2v) is 19.4. The third kappa shape index (κ3) is 9.33. The number of primary amides is 1. The summed E-state index contributed by atoms with van der Waals surface area (Å²) in [6, 6.07) is 9.82. The van der Waals surface area contributed by atoms with Crippen molar-refractivity contribution in [3.63, 3.8) is 0 Å². The number of aromatic nitrogens is 12. The number of ether oxygens (including phenoxy) is 3. The van der Waals surface area contributed by atoms with Crippen molar-refractivity contribution in [1.82, 2.24) is 69.5 Å². The number of hydrogen-bond acceptors (Lipinski definition) is 15. The third-order valence-corrected chi connectivity index (χ3v) is 14.6. The van der Waals surface area contributed by atoms with Gasteiger partial charge in [0.2, 0.25) is 17.8 Å². The van der Waals surface area contributed by atoms with Crippen LogP contribution in [-0.4, -0.2) is 138 Å². The topological polar surface area (TPSA) is 287 Å². The Morgan fingerprint density at radius 1 is 0.676 bits per heavy atom. The van der Waals surface area contributed by atoms with Crippen molar-refractivity contribution in [3.8, 4) is 11.5 Å². The number of nitrogens with two attached hydrogens (primary N) is 1. The van der Waals surface area contributed by atoms with E-state index in [1.165, 1.54) is 0 Å². The van der Waals surface area contributed by atoms with Crippen LogP contribution in [0.2, 0.25) is 0 Å².